The molecule has 0 amide bonds. The summed E-state index contributed by atoms with van der Waals surface area (Å²) in [6, 6.07) is 11.9. The number of hydrogen-bond acceptors (Lipinski definition) is 9. The maximum Gasteiger partial charge on any atom is 0.514 e. The zero-order valence-electron chi connectivity index (χ0n) is 36.6. The van der Waals surface area contributed by atoms with Crippen LogP contribution in [0, 0.1) is 20.8 Å². The highest BCUT2D eigenvalue weighted by molar-refractivity contribution is 5.70. The second kappa shape index (κ2) is 16.3. The Morgan fingerprint density at radius 2 is 0.636 bits per heavy atom. The van der Waals surface area contributed by atoms with Gasteiger partial charge in [-0.15, -0.1) is 0 Å². The van der Waals surface area contributed by atoms with Crippen LogP contribution in [0.3, 0.4) is 0 Å². The van der Waals surface area contributed by atoms with Crippen molar-refractivity contribution >= 4 is 18.5 Å². The van der Waals surface area contributed by atoms with Gasteiger partial charge in [-0.25, -0.2) is 14.4 Å². The number of hydrogen-bond donors (Lipinski definition) is 0. The zero-order chi connectivity index (χ0) is 42.1. The Bertz CT molecular complexity index is 1780. The van der Waals surface area contributed by atoms with E-state index >= 15 is 0 Å². The molecule has 0 heterocycles. The molecule has 0 bridgehead atoms. The quantitative estimate of drug-likeness (QED) is 0.132. The van der Waals surface area contributed by atoms with Crippen LogP contribution in [-0.4, -0.2) is 35.3 Å². The van der Waals surface area contributed by atoms with Crippen LogP contribution >= 0.6 is 0 Å². The van der Waals surface area contributed by atoms with E-state index in [1.165, 1.54) is 0 Å². The average molecular weight is 761 g/mol. The SMILES string of the molecule is Cc1cc(Cc2cc(C)cc(C(C)(C)C)c2OC(=O)OC(C)(C)C)c(OC(=O)OC(C)(C)C)c(Cc2cc(C)cc(C(C)(C)C)c2OC(=O)OC(C)(C)C)c1. The lowest BCUT2D eigenvalue weighted by atomic mass is 9.82. The van der Waals surface area contributed by atoms with Crippen molar-refractivity contribution in [1.29, 1.82) is 0 Å². The number of carbonyl (C=O) groups is 3. The Balaban J connectivity index is 2.34. The normalized spacial score (nSPS) is 12.5. The van der Waals surface area contributed by atoms with Gasteiger partial charge in [-0.1, -0.05) is 94.6 Å². The average Bonchev–Trinajstić information content (AvgIpc) is 2.93. The molecule has 55 heavy (non-hydrogen) atoms. The molecule has 0 aliphatic heterocycles. The molecule has 0 atom stereocenters. The first-order chi connectivity index (χ1) is 24.8. The Kier molecular flexibility index (Phi) is 13.3. The molecular weight excluding hydrogens is 696 g/mol. The number of carbonyl (C=O) groups excluding carboxylic acids is 3. The number of benzene rings is 3. The van der Waals surface area contributed by atoms with Gasteiger partial charge < -0.3 is 28.4 Å². The predicted octanol–water partition coefficient (Wildman–Crippen LogP) is 12.3. The van der Waals surface area contributed by atoms with Crippen LogP contribution in [-0.2, 0) is 37.9 Å². The van der Waals surface area contributed by atoms with Gasteiger partial charge in [0.15, 0.2) is 0 Å². The standard InChI is InChI=1S/C46H64O9/c1-27-19-30(25-32-21-28(2)23-34(42(4,5)6)37(32)51-40(48)54-45(13,14)15)36(50-39(47)53-44(10,11)12)31(20-27)26-33-22-29(3)24-35(43(7,8)9)38(33)52-41(49)55-46(16,17)18/h19-24H,25-26H2,1-18H3. The molecule has 0 unspecified atom stereocenters. The maximum atomic E-state index is 13.5. The van der Waals surface area contributed by atoms with Gasteiger partial charge in [-0.05, 0) is 93.9 Å². The van der Waals surface area contributed by atoms with Crippen molar-refractivity contribution < 1.29 is 42.8 Å². The van der Waals surface area contributed by atoms with Crippen molar-refractivity contribution in [1.82, 2.24) is 0 Å². The van der Waals surface area contributed by atoms with Gasteiger partial charge in [0.2, 0.25) is 0 Å². The third-order valence-electron chi connectivity index (χ3n) is 8.11. The lowest BCUT2D eigenvalue weighted by molar-refractivity contribution is 0.0187. The van der Waals surface area contributed by atoms with Crippen LogP contribution in [0.1, 0.15) is 154 Å². The van der Waals surface area contributed by atoms with Crippen LogP contribution < -0.4 is 14.2 Å². The molecule has 0 spiro atoms. The fourth-order valence-corrected chi connectivity index (χ4v) is 6.11. The van der Waals surface area contributed by atoms with E-state index < -0.39 is 46.1 Å². The summed E-state index contributed by atoms with van der Waals surface area (Å²) < 4.78 is 35.1. The molecule has 9 nitrogen and oxygen atoms in total. The van der Waals surface area contributed by atoms with E-state index in [2.05, 4.69) is 41.5 Å². The van der Waals surface area contributed by atoms with Crippen LogP contribution in [0.2, 0.25) is 0 Å². The predicted molar refractivity (Wildman–Crippen MR) is 217 cm³/mol. The molecule has 0 saturated heterocycles. The van der Waals surface area contributed by atoms with E-state index in [9.17, 15) is 14.4 Å². The van der Waals surface area contributed by atoms with E-state index in [-0.39, 0.29) is 12.8 Å². The molecule has 3 rings (SSSR count). The van der Waals surface area contributed by atoms with Gasteiger partial charge in [-0.2, -0.15) is 0 Å². The second-order valence-corrected chi connectivity index (χ2v) is 19.6. The van der Waals surface area contributed by atoms with Crippen molar-refractivity contribution in [2.45, 2.75) is 165 Å². The number of aryl methyl sites for hydroxylation is 3. The van der Waals surface area contributed by atoms with Gasteiger partial charge in [0.05, 0.1) is 0 Å². The second-order valence-electron chi connectivity index (χ2n) is 19.6. The lowest BCUT2D eigenvalue weighted by Crippen LogP contribution is -2.27. The summed E-state index contributed by atoms with van der Waals surface area (Å²) in [5, 5.41) is 0. The Morgan fingerprint density at radius 1 is 0.400 bits per heavy atom. The topological polar surface area (TPSA) is 107 Å². The van der Waals surface area contributed by atoms with E-state index in [1.807, 2.05) is 57.2 Å². The van der Waals surface area contributed by atoms with Crippen molar-refractivity contribution in [3.63, 3.8) is 0 Å². The summed E-state index contributed by atoms with van der Waals surface area (Å²) in [6.07, 6.45) is -2.03. The number of ether oxygens (including phenoxy) is 6. The smallest absolute Gasteiger partial charge is 0.428 e. The fourth-order valence-electron chi connectivity index (χ4n) is 6.11. The lowest BCUT2D eigenvalue weighted by Gasteiger charge is -2.27. The molecule has 9 heteroatoms. The van der Waals surface area contributed by atoms with Crippen LogP contribution in [0.4, 0.5) is 14.4 Å². The number of rotatable bonds is 7. The summed E-state index contributed by atoms with van der Waals surface area (Å²) in [5.41, 5.74) is 4.10. The highest BCUT2D eigenvalue weighted by atomic mass is 16.7. The van der Waals surface area contributed by atoms with Crippen molar-refractivity contribution in [2.75, 3.05) is 0 Å². The molecule has 0 radical (unpaired) electrons. The van der Waals surface area contributed by atoms with Crippen molar-refractivity contribution in [3.8, 4) is 17.2 Å². The van der Waals surface area contributed by atoms with E-state index in [0.29, 0.717) is 39.5 Å². The minimum atomic E-state index is -0.867. The van der Waals surface area contributed by atoms with Gasteiger partial charge in [0.1, 0.15) is 34.1 Å². The van der Waals surface area contributed by atoms with Crippen LogP contribution in [0.5, 0.6) is 17.2 Å². The summed E-state index contributed by atoms with van der Waals surface area (Å²) in [4.78, 5) is 39.9. The van der Waals surface area contributed by atoms with E-state index in [0.717, 1.165) is 27.8 Å². The molecule has 0 N–H and O–H groups in total. The minimum absolute atomic E-state index is 0.234. The monoisotopic (exact) mass is 760 g/mol. The summed E-state index contributed by atoms with van der Waals surface area (Å²) >= 11 is 0. The van der Waals surface area contributed by atoms with Crippen molar-refractivity contribution in [3.05, 3.63) is 86.5 Å². The first-order valence-electron chi connectivity index (χ1n) is 18.9. The molecule has 0 saturated carbocycles. The third kappa shape index (κ3) is 13.6. The first-order valence-corrected chi connectivity index (χ1v) is 18.9. The molecule has 3 aromatic carbocycles. The third-order valence-corrected chi connectivity index (χ3v) is 8.11. The molecule has 3 aromatic rings. The van der Waals surface area contributed by atoms with Crippen molar-refractivity contribution in [2.24, 2.45) is 0 Å². The molecule has 302 valence electrons. The van der Waals surface area contributed by atoms with E-state index in [4.69, 9.17) is 28.4 Å². The summed E-state index contributed by atoms with van der Waals surface area (Å²) in [7, 11) is 0. The summed E-state index contributed by atoms with van der Waals surface area (Å²) in [6.45, 7) is 34.3. The Morgan fingerprint density at radius 3 is 0.891 bits per heavy atom. The fraction of sp³-hybridized carbons (Fsp3) is 0.543. The van der Waals surface area contributed by atoms with Gasteiger partial charge >= 0.3 is 18.5 Å². The van der Waals surface area contributed by atoms with Gasteiger partial charge in [0, 0.05) is 46.2 Å². The van der Waals surface area contributed by atoms with E-state index in [1.54, 1.807) is 62.3 Å². The maximum absolute atomic E-state index is 13.5. The molecular formula is C46H64O9. The molecule has 0 aliphatic rings. The molecule has 0 aromatic heterocycles. The van der Waals surface area contributed by atoms with Gasteiger partial charge in [-0.3, -0.25) is 0 Å². The summed E-state index contributed by atoms with van der Waals surface area (Å²) in [5.74, 6) is 1.07. The van der Waals surface area contributed by atoms with Crippen LogP contribution in [0.15, 0.2) is 36.4 Å². The van der Waals surface area contributed by atoms with Gasteiger partial charge in [0.25, 0.3) is 0 Å². The largest absolute Gasteiger partial charge is 0.514 e. The zero-order valence-corrected chi connectivity index (χ0v) is 36.6. The highest BCUT2D eigenvalue weighted by Crippen LogP contribution is 2.42. The Labute approximate surface area is 329 Å². The van der Waals surface area contributed by atoms with Crippen LogP contribution in [0.25, 0.3) is 0 Å². The molecule has 0 fully saturated rings. The minimum Gasteiger partial charge on any atom is -0.428 e. The molecule has 0 aliphatic carbocycles. The first kappa shape index (κ1) is 44.9. The highest BCUT2D eigenvalue weighted by Gasteiger charge is 2.30. The Hall–Kier alpha value is -4.53.